The lowest BCUT2D eigenvalue weighted by atomic mass is 9.83. The van der Waals surface area contributed by atoms with Gasteiger partial charge in [-0.1, -0.05) is 62.4 Å². The van der Waals surface area contributed by atoms with Gasteiger partial charge in [0, 0.05) is 62.8 Å². The number of anilines is 3. The average molecular weight is 1180 g/mol. The van der Waals surface area contributed by atoms with Gasteiger partial charge in [0.1, 0.15) is 47.8 Å². The first-order valence-corrected chi connectivity index (χ1v) is 31.3. The Labute approximate surface area is 504 Å². The maximum atomic E-state index is 14.8. The highest BCUT2D eigenvalue weighted by atomic mass is 16.6. The molecule has 5 aromatic rings. The van der Waals surface area contributed by atoms with Crippen LogP contribution in [0, 0.1) is 12.8 Å². The van der Waals surface area contributed by atoms with Crippen molar-refractivity contribution in [2.75, 3.05) is 103 Å². The molecule has 4 N–H and O–H groups in total. The Balaban J connectivity index is 0.612. The number of carbonyl (C=O) groups is 4. The van der Waals surface area contributed by atoms with Crippen LogP contribution in [0.3, 0.4) is 0 Å². The fourth-order valence-corrected chi connectivity index (χ4v) is 13.1. The SMILES string of the molecule is CN[C@@H](C)C(=O)N[C@H](C(=O)N1C[C@@H](Oc2cccc(OCCOCCOCCOCCN3CCN(c4ccc(Nc5ncc6c(C)c(C(C)=O)c(=O)n(C7CCCC7)c6n5)nc4)CC3)c2)C[C@H]1C(=O)N[C@@H]1CCCc2ccccc21)C1CCCCC1. The van der Waals surface area contributed by atoms with Crippen LogP contribution >= 0.6 is 0 Å². The van der Waals surface area contributed by atoms with Crippen LogP contribution in [0.4, 0.5) is 17.5 Å². The van der Waals surface area contributed by atoms with E-state index in [1.807, 2.05) is 54.7 Å². The molecule has 2 aliphatic heterocycles. The van der Waals surface area contributed by atoms with Gasteiger partial charge in [0.15, 0.2) is 5.78 Å². The molecule has 0 spiro atoms. The second kappa shape index (κ2) is 30.0. The van der Waals surface area contributed by atoms with Crippen molar-refractivity contribution in [2.24, 2.45) is 5.92 Å². The number of nitrogens with one attached hydrogen (secondary N) is 4. The van der Waals surface area contributed by atoms with Crippen LogP contribution in [-0.4, -0.2) is 170 Å². The summed E-state index contributed by atoms with van der Waals surface area (Å²) in [4.78, 5) is 89.1. The zero-order chi connectivity index (χ0) is 59.9. The monoisotopic (exact) mass is 1180 g/mol. The lowest BCUT2D eigenvalue weighted by Crippen LogP contribution is -2.58. The number of rotatable bonds is 27. The van der Waals surface area contributed by atoms with Crippen molar-refractivity contribution in [3.05, 3.63) is 106 Å². The van der Waals surface area contributed by atoms with E-state index in [9.17, 15) is 24.0 Å². The number of nitrogens with zero attached hydrogens (tertiary/aromatic N) is 7. The standard InChI is InChI=1S/C65H87N11O10/c1-43-54-41-68-65(72-60(54)76(48-18-9-10-19-48)63(80)58(43)45(3)77)70-57-25-24-49(40-67-57)74-28-26-73(27-29-74)30-31-82-32-33-83-34-35-84-36-37-85-50-20-13-21-51(38-50)86-52-39-56(62(79)69-55-23-12-17-46-14-8-11-22-53(46)55)75(42-52)64(81)59(47-15-6-5-7-16-47)71-61(78)44(2)66-4/h8,11,13-14,20-22,24-25,38,40-41,44,47-48,52,55-56,59,66H,5-7,9-10,12,15-19,23,26-37,39,42H2,1-4H3,(H,69,79)(H,71,78)(H,67,68,70,72)/t44-,52-,55+,56-,59-/m0/s1. The topological polar surface area (TPSA) is 233 Å². The van der Waals surface area contributed by atoms with Gasteiger partial charge in [-0.15, -0.1) is 0 Å². The first kappa shape index (κ1) is 62.0. The third-order valence-corrected chi connectivity index (χ3v) is 17.9. The number of hydrogen-bond acceptors (Lipinski definition) is 17. The molecule has 0 radical (unpaired) electrons. The lowest BCUT2D eigenvalue weighted by Gasteiger charge is -2.35. The fraction of sp³-hybridized carbons (Fsp3) is 0.569. The Hall–Kier alpha value is -7.04. The van der Waals surface area contributed by atoms with Crippen LogP contribution in [0.2, 0.25) is 0 Å². The van der Waals surface area contributed by atoms with Crippen molar-refractivity contribution < 1.29 is 42.9 Å². The molecule has 2 aromatic carbocycles. The number of ether oxygens (including phenoxy) is 5. The molecule has 21 heteroatoms. The van der Waals surface area contributed by atoms with Crippen LogP contribution in [0.1, 0.15) is 130 Å². The molecule has 0 bridgehead atoms. The van der Waals surface area contributed by atoms with Gasteiger partial charge in [-0.2, -0.15) is 4.98 Å². The van der Waals surface area contributed by atoms with Crippen LogP contribution in [0.25, 0.3) is 11.0 Å². The Morgan fingerprint density at radius 2 is 1.49 bits per heavy atom. The zero-order valence-electron chi connectivity index (χ0n) is 50.6. The van der Waals surface area contributed by atoms with Crippen LogP contribution in [0.5, 0.6) is 11.5 Å². The highest BCUT2D eigenvalue weighted by molar-refractivity contribution is 5.99. The predicted octanol–water partition coefficient (Wildman–Crippen LogP) is 7.02. The highest BCUT2D eigenvalue weighted by Gasteiger charge is 2.46. The number of hydrogen-bond donors (Lipinski definition) is 4. The lowest BCUT2D eigenvalue weighted by molar-refractivity contribution is -0.143. The number of aromatic nitrogens is 4. The number of likely N-dealkylation sites (N-methyl/N-ethyl adjacent to an activating group) is 1. The molecule has 4 fully saturated rings. The molecule has 2 saturated heterocycles. The Morgan fingerprint density at radius 1 is 0.767 bits per heavy atom. The molecule has 3 aliphatic carbocycles. The molecule has 86 heavy (non-hydrogen) atoms. The van der Waals surface area contributed by atoms with E-state index < -0.39 is 24.2 Å². The summed E-state index contributed by atoms with van der Waals surface area (Å²) in [5, 5.41) is 13.3. The van der Waals surface area contributed by atoms with Gasteiger partial charge < -0.3 is 54.8 Å². The van der Waals surface area contributed by atoms with E-state index in [2.05, 4.69) is 53.2 Å². The van der Waals surface area contributed by atoms with Gasteiger partial charge in [0.05, 0.1) is 75.7 Å². The number of aryl methyl sites for hydroxylation is 2. The first-order chi connectivity index (χ1) is 41.9. The minimum absolute atomic E-state index is 0.00423. The minimum atomic E-state index is -0.774. The Bertz CT molecular complexity index is 3160. The maximum Gasteiger partial charge on any atom is 0.263 e. The van der Waals surface area contributed by atoms with Crippen LogP contribution in [0.15, 0.2) is 77.9 Å². The minimum Gasteiger partial charge on any atom is -0.491 e. The summed E-state index contributed by atoms with van der Waals surface area (Å²) in [6, 6.07) is 17.4. The molecule has 0 unspecified atom stereocenters. The first-order valence-electron chi connectivity index (χ1n) is 31.3. The summed E-state index contributed by atoms with van der Waals surface area (Å²) < 4.78 is 31.8. The smallest absolute Gasteiger partial charge is 0.263 e. The van der Waals surface area contributed by atoms with E-state index in [0.717, 1.165) is 121 Å². The number of ketones is 1. The quantitative estimate of drug-likeness (QED) is 0.0306. The number of benzene rings is 2. The Kier molecular flexibility index (Phi) is 21.7. The van der Waals surface area contributed by atoms with Crippen molar-refractivity contribution in [3.63, 3.8) is 0 Å². The summed E-state index contributed by atoms with van der Waals surface area (Å²) >= 11 is 0. The second-order valence-corrected chi connectivity index (χ2v) is 23.6. The van der Waals surface area contributed by atoms with Gasteiger partial charge in [0.25, 0.3) is 5.56 Å². The summed E-state index contributed by atoms with van der Waals surface area (Å²) in [6.45, 7) is 12.7. The molecule has 3 aromatic heterocycles. The normalized spacial score (nSPS) is 20.1. The number of Topliss-reactive ketones (excluding diaryl/α,β-unsaturated/α-hetero) is 1. The van der Waals surface area contributed by atoms with Gasteiger partial charge in [-0.05, 0) is 120 Å². The maximum absolute atomic E-state index is 14.8. The summed E-state index contributed by atoms with van der Waals surface area (Å²) in [7, 11) is 1.73. The van der Waals surface area contributed by atoms with E-state index in [0.29, 0.717) is 92.5 Å². The molecule has 3 amide bonds. The molecular weight excluding hydrogens is 1090 g/mol. The van der Waals surface area contributed by atoms with E-state index in [1.54, 1.807) is 36.6 Å². The molecule has 5 atom stereocenters. The molecule has 10 rings (SSSR count). The number of carbonyl (C=O) groups excluding carboxylic acids is 4. The van der Waals surface area contributed by atoms with Crippen molar-refractivity contribution in [2.45, 2.75) is 141 Å². The van der Waals surface area contributed by atoms with Crippen molar-refractivity contribution in [1.29, 1.82) is 0 Å². The number of likely N-dealkylation sites (tertiary alicyclic amines) is 1. The van der Waals surface area contributed by atoms with Crippen molar-refractivity contribution >= 4 is 52.0 Å². The zero-order valence-corrected chi connectivity index (χ0v) is 50.6. The van der Waals surface area contributed by atoms with E-state index >= 15 is 0 Å². The third-order valence-electron chi connectivity index (χ3n) is 17.9. The molecule has 462 valence electrons. The number of fused-ring (bicyclic) bond motifs is 2. The van der Waals surface area contributed by atoms with Crippen molar-refractivity contribution in [1.82, 2.24) is 45.3 Å². The highest BCUT2D eigenvalue weighted by Crippen LogP contribution is 2.35. The molecule has 2 saturated carbocycles. The van der Waals surface area contributed by atoms with Gasteiger partial charge in [0.2, 0.25) is 23.7 Å². The predicted molar refractivity (Wildman–Crippen MR) is 328 cm³/mol. The van der Waals surface area contributed by atoms with E-state index in [1.165, 1.54) is 12.5 Å². The van der Waals surface area contributed by atoms with Gasteiger partial charge in [-0.3, -0.25) is 33.4 Å². The van der Waals surface area contributed by atoms with E-state index in [4.69, 9.17) is 28.7 Å². The average Bonchev–Trinajstić information content (AvgIpc) is 1.82. The summed E-state index contributed by atoms with van der Waals surface area (Å²) in [5.41, 5.74) is 4.49. The van der Waals surface area contributed by atoms with Crippen molar-refractivity contribution in [3.8, 4) is 11.5 Å². The Morgan fingerprint density at radius 3 is 2.22 bits per heavy atom. The van der Waals surface area contributed by atoms with Crippen LogP contribution < -0.4 is 41.2 Å². The summed E-state index contributed by atoms with van der Waals surface area (Å²) in [6.07, 6.45) is 14.7. The molecule has 5 heterocycles. The molecule has 5 aliphatic rings. The van der Waals surface area contributed by atoms with E-state index in [-0.39, 0.29) is 59.2 Å². The summed E-state index contributed by atoms with van der Waals surface area (Å²) in [5.74, 6) is 1.17. The van der Waals surface area contributed by atoms with Crippen LogP contribution in [-0.2, 0) is 35.0 Å². The third kappa shape index (κ3) is 15.6. The number of amides is 3. The largest absolute Gasteiger partial charge is 0.491 e. The number of pyridine rings is 2. The fourth-order valence-electron chi connectivity index (χ4n) is 13.1. The molecular formula is C65H87N11O10. The van der Waals surface area contributed by atoms with Gasteiger partial charge >= 0.3 is 0 Å². The van der Waals surface area contributed by atoms with Gasteiger partial charge in [-0.25, -0.2) is 9.97 Å². The second-order valence-electron chi connectivity index (χ2n) is 23.6. The number of piperazine rings is 1. The molecule has 21 nitrogen and oxygen atoms in total.